The third kappa shape index (κ3) is 2.50. The molecule has 2 heterocycles. The fourth-order valence-electron chi connectivity index (χ4n) is 1.37. The Morgan fingerprint density at radius 2 is 2.41 bits per heavy atom. The number of primary amides is 1. The molecule has 17 heavy (non-hydrogen) atoms. The van der Waals surface area contributed by atoms with Gasteiger partial charge in [0.05, 0.1) is 0 Å². The second-order valence-electron chi connectivity index (χ2n) is 3.26. The van der Waals surface area contributed by atoms with E-state index in [2.05, 4.69) is 15.1 Å². The SMILES string of the molecule is NC(=O)c1cn2c(CN[PH](=O)O)ccnc2n1. The lowest BCUT2D eigenvalue weighted by atomic mass is 10.4. The lowest BCUT2D eigenvalue weighted by molar-refractivity contribution is 0.0996. The van der Waals surface area contributed by atoms with Crippen LogP contribution in [0.4, 0.5) is 0 Å². The van der Waals surface area contributed by atoms with E-state index in [1.54, 1.807) is 6.07 Å². The van der Waals surface area contributed by atoms with Gasteiger partial charge in [-0.25, -0.2) is 15.1 Å². The molecule has 90 valence electrons. The van der Waals surface area contributed by atoms with Gasteiger partial charge >= 0.3 is 0 Å². The number of hydrogen-bond acceptors (Lipinski definition) is 4. The number of aromatic nitrogens is 3. The van der Waals surface area contributed by atoms with Crippen LogP contribution in [0.15, 0.2) is 18.5 Å². The molecule has 0 saturated heterocycles. The number of imidazole rings is 1. The van der Waals surface area contributed by atoms with Gasteiger partial charge in [-0.1, -0.05) is 0 Å². The Hall–Kier alpha value is -1.76. The molecule has 2 rings (SSSR count). The van der Waals surface area contributed by atoms with Gasteiger partial charge in [-0.2, -0.15) is 0 Å². The number of amides is 1. The summed E-state index contributed by atoms with van der Waals surface area (Å²) >= 11 is 0. The van der Waals surface area contributed by atoms with Crippen LogP contribution in [0.3, 0.4) is 0 Å². The molecule has 1 atom stereocenters. The predicted octanol–water partition coefficient (Wildman–Crippen LogP) is -0.700. The minimum absolute atomic E-state index is 0.0987. The van der Waals surface area contributed by atoms with Gasteiger partial charge in [0.15, 0.2) is 0 Å². The molecule has 0 aliphatic heterocycles. The number of nitrogens with zero attached hydrogens (tertiary/aromatic N) is 3. The molecule has 2 aromatic heterocycles. The molecular formula is C8H10N5O3P. The highest BCUT2D eigenvalue weighted by atomic mass is 31.1. The van der Waals surface area contributed by atoms with E-state index in [0.29, 0.717) is 11.5 Å². The van der Waals surface area contributed by atoms with Crippen LogP contribution in [0, 0.1) is 0 Å². The first kappa shape index (κ1) is 11.7. The number of carbonyl (C=O) groups is 1. The predicted molar refractivity (Wildman–Crippen MR) is 59.6 cm³/mol. The minimum atomic E-state index is -2.76. The van der Waals surface area contributed by atoms with Crippen LogP contribution in [0.25, 0.3) is 5.78 Å². The Balaban J connectivity index is 2.42. The van der Waals surface area contributed by atoms with Gasteiger partial charge in [0.25, 0.3) is 14.1 Å². The molecule has 1 unspecified atom stereocenters. The van der Waals surface area contributed by atoms with Crippen molar-refractivity contribution < 1.29 is 14.3 Å². The fourth-order valence-corrected chi connectivity index (χ4v) is 1.70. The number of rotatable bonds is 4. The summed E-state index contributed by atoms with van der Waals surface area (Å²) in [5.74, 6) is -0.333. The van der Waals surface area contributed by atoms with Gasteiger partial charge in [0.2, 0.25) is 5.78 Å². The molecule has 0 fully saturated rings. The zero-order valence-electron chi connectivity index (χ0n) is 8.62. The van der Waals surface area contributed by atoms with Crippen LogP contribution < -0.4 is 10.8 Å². The Labute approximate surface area is 96.4 Å². The molecule has 0 aliphatic carbocycles. The zero-order valence-corrected chi connectivity index (χ0v) is 9.62. The third-order valence-corrected chi connectivity index (χ3v) is 2.61. The van der Waals surface area contributed by atoms with Crippen molar-refractivity contribution >= 4 is 19.9 Å². The maximum Gasteiger partial charge on any atom is 0.268 e. The van der Waals surface area contributed by atoms with E-state index in [1.807, 2.05) is 0 Å². The van der Waals surface area contributed by atoms with Crippen molar-refractivity contribution in [3.63, 3.8) is 0 Å². The summed E-state index contributed by atoms with van der Waals surface area (Å²) in [7, 11) is -2.76. The summed E-state index contributed by atoms with van der Waals surface area (Å²) in [6, 6.07) is 1.65. The summed E-state index contributed by atoms with van der Waals surface area (Å²) in [6.07, 6.45) is 2.94. The summed E-state index contributed by atoms with van der Waals surface area (Å²) in [6.45, 7) is 0.169. The van der Waals surface area contributed by atoms with Crippen LogP contribution >= 0.6 is 8.18 Å². The van der Waals surface area contributed by atoms with Crippen molar-refractivity contribution in [2.75, 3.05) is 0 Å². The van der Waals surface area contributed by atoms with Crippen LogP contribution in [0.5, 0.6) is 0 Å². The average molecular weight is 255 g/mol. The van der Waals surface area contributed by atoms with Crippen molar-refractivity contribution in [3.8, 4) is 0 Å². The Morgan fingerprint density at radius 3 is 3.06 bits per heavy atom. The molecule has 0 aliphatic rings. The molecule has 2 aromatic rings. The molecule has 0 aromatic carbocycles. The molecule has 1 amide bonds. The maximum absolute atomic E-state index is 11.0. The van der Waals surface area contributed by atoms with E-state index in [-0.39, 0.29) is 12.2 Å². The second kappa shape index (κ2) is 4.62. The Kier molecular flexibility index (Phi) is 3.19. The maximum atomic E-state index is 11.0. The second-order valence-corrected chi connectivity index (χ2v) is 4.22. The van der Waals surface area contributed by atoms with E-state index in [1.165, 1.54) is 16.8 Å². The molecule has 0 spiro atoms. The first-order valence-corrected chi connectivity index (χ1v) is 6.03. The molecular weight excluding hydrogens is 245 g/mol. The van der Waals surface area contributed by atoms with Crippen LogP contribution in [-0.4, -0.2) is 25.2 Å². The molecule has 8 nitrogen and oxygen atoms in total. The first-order valence-electron chi connectivity index (χ1n) is 4.67. The van der Waals surface area contributed by atoms with Gasteiger partial charge < -0.3 is 10.6 Å². The minimum Gasteiger partial charge on any atom is -0.364 e. The normalized spacial score (nSPS) is 12.8. The van der Waals surface area contributed by atoms with Crippen molar-refractivity contribution in [2.45, 2.75) is 6.54 Å². The summed E-state index contributed by atoms with van der Waals surface area (Å²) < 4.78 is 12.1. The highest BCUT2D eigenvalue weighted by Crippen LogP contribution is 2.10. The Bertz CT molecular complexity index is 596. The standard InChI is InChI=1S/C8H10N5O3P/c9-7(14)6-4-13-5(3-11-17(15)16)1-2-10-8(13)12-6/h1-2,4,17H,3H2,(H2,9,14)(H2,11,15,16). The summed E-state index contributed by atoms with van der Waals surface area (Å²) in [5.41, 5.74) is 5.86. The lowest BCUT2D eigenvalue weighted by Gasteiger charge is -2.03. The van der Waals surface area contributed by atoms with E-state index in [0.717, 1.165) is 0 Å². The molecule has 0 saturated carbocycles. The van der Waals surface area contributed by atoms with Gasteiger partial charge in [-0.15, -0.1) is 0 Å². The number of nitrogens with one attached hydrogen (secondary N) is 1. The van der Waals surface area contributed by atoms with Gasteiger partial charge in [0, 0.05) is 24.6 Å². The van der Waals surface area contributed by atoms with Gasteiger partial charge in [0.1, 0.15) is 5.69 Å². The van der Waals surface area contributed by atoms with Crippen molar-refractivity contribution in [1.82, 2.24) is 19.5 Å². The molecule has 0 bridgehead atoms. The lowest BCUT2D eigenvalue weighted by Crippen LogP contribution is -2.11. The van der Waals surface area contributed by atoms with Crippen molar-refractivity contribution in [2.24, 2.45) is 5.73 Å². The fraction of sp³-hybridized carbons (Fsp3) is 0.125. The smallest absolute Gasteiger partial charge is 0.268 e. The van der Waals surface area contributed by atoms with E-state index < -0.39 is 14.1 Å². The van der Waals surface area contributed by atoms with Crippen molar-refractivity contribution in [1.29, 1.82) is 0 Å². The number of nitrogens with two attached hydrogens (primary N) is 1. The number of hydrogen-bond donors (Lipinski definition) is 3. The van der Waals surface area contributed by atoms with Gasteiger partial charge in [-0.3, -0.25) is 13.8 Å². The van der Waals surface area contributed by atoms with Crippen LogP contribution in [0.2, 0.25) is 0 Å². The quantitative estimate of drug-likeness (QED) is 0.621. The van der Waals surface area contributed by atoms with Crippen molar-refractivity contribution in [3.05, 3.63) is 29.8 Å². The number of fused-ring (bicyclic) bond motifs is 1. The van der Waals surface area contributed by atoms with Gasteiger partial charge in [-0.05, 0) is 6.07 Å². The van der Waals surface area contributed by atoms with E-state index >= 15 is 0 Å². The molecule has 9 heteroatoms. The van der Waals surface area contributed by atoms with E-state index in [4.69, 9.17) is 10.6 Å². The third-order valence-electron chi connectivity index (χ3n) is 2.13. The molecule has 0 radical (unpaired) electrons. The Morgan fingerprint density at radius 1 is 1.65 bits per heavy atom. The largest absolute Gasteiger partial charge is 0.364 e. The highest BCUT2D eigenvalue weighted by Gasteiger charge is 2.10. The summed E-state index contributed by atoms with van der Waals surface area (Å²) in [4.78, 5) is 27.5. The van der Waals surface area contributed by atoms with Crippen LogP contribution in [-0.2, 0) is 11.1 Å². The zero-order chi connectivity index (χ0) is 12.4. The topological polar surface area (TPSA) is 123 Å². The molecule has 4 N–H and O–H groups in total. The highest BCUT2D eigenvalue weighted by molar-refractivity contribution is 7.35. The van der Waals surface area contributed by atoms with Crippen LogP contribution in [0.1, 0.15) is 16.2 Å². The summed E-state index contributed by atoms with van der Waals surface area (Å²) in [5, 5.41) is 2.40. The number of carbonyl (C=O) groups excluding carboxylic acids is 1. The first-order chi connectivity index (χ1) is 8.08. The monoisotopic (exact) mass is 255 g/mol. The average Bonchev–Trinajstić information content (AvgIpc) is 2.70. The van der Waals surface area contributed by atoms with E-state index in [9.17, 15) is 9.36 Å².